The molecule has 3 rings (SSSR count). The Balaban J connectivity index is 1.59. The average molecular weight is 315 g/mol. The highest BCUT2D eigenvalue weighted by Crippen LogP contribution is 2.24. The van der Waals surface area contributed by atoms with E-state index in [-0.39, 0.29) is 11.9 Å². The number of hydrogen-bond acceptors (Lipinski definition) is 4. The molecule has 1 atom stereocenters. The summed E-state index contributed by atoms with van der Waals surface area (Å²) in [6.45, 7) is 4.00. The van der Waals surface area contributed by atoms with E-state index in [0.717, 1.165) is 42.2 Å². The van der Waals surface area contributed by atoms with Crippen LogP contribution in [0.25, 0.3) is 10.6 Å². The maximum Gasteiger partial charge on any atom is 0.226 e. The smallest absolute Gasteiger partial charge is 0.226 e. The number of nitrogens with zero attached hydrogens (tertiary/aromatic N) is 1. The molecule has 22 heavy (non-hydrogen) atoms. The van der Waals surface area contributed by atoms with Gasteiger partial charge in [0, 0.05) is 23.5 Å². The highest BCUT2D eigenvalue weighted by Gasteiger charge is 2.16. The molecule has 0 spiro atoms. The van der Waals surface area contributed by atoms with Gasteiger partial charge in [-0.05, 0) is 26.3 Å². The number of amides is 1. The van der Waals surface area contributed by atoms with Gasteiger partial charge in [-0.2, -0.15) is 0 Å². The lowest BCUT2D eigenvalue weighted by molar-refractivity contribution is -0.121. The van der Waals surface area contributed by atoms with E-state index in [1.54, 1.807) is 11.3 Å². The van der Waals surface area contributed by atoms with Crippen molar-refractivity contribution in [3.63, 3.8) is 0 Å². The molecule has 0 aliphatic carbocycles. The molecule has 5 heteroatoms. The lowest BCUT2D eigenvalue weighted by atomic mass is 10.1. The molecule has 4 nitrogen and oxygen atoms in total. The first-order chi connectivity index (χ1) is 10.7. The van der Waals surface area contributed by atoms with E-state index in [1.807, 2.05) is 5.38 Å². The summed E-state index contributed by atoms with van der Waals surface area (Å²) < 4.78 is 0. The average Bonchev–Trinajstić information content (AvgIpc) is 2.97. The highest BCUT2D eigenvalue weighted by atomic mass is 32.1. The Kier molecular flexibility index (Phi) is 4.85. The third-order valence-electron chi connectivity index (χ3n) is 3.85. The first kappa shape index (κ1) is 15.2. The summed E-state index contributed by atoms with van der Waals surface area (Å²) >= 11 is 1.59. The Labute approximate surface area is 135 Å². The first-order valence-electron chi connectivity index (χ1n) is 7.72. The lowest BCUT2D eigenvalue weighted by Gasteiger charge is -2.23. The molecule has 1 fully saturated rings. The molecular formula is C17H21N3OS. The van der Waals surface area contributed by atoms with Gasteiger partial charge < -0.3 is 10.6 Å². The molecule has 1 amide bonds. The third-order valence-corrected chi connectivity index (χ3v) is 4.79. The van der Waals surface area contributed by atoms with E-state index >= 15 is 0 Å². The number of benzene rings is 1. The molecule has 116 valence electrons. The number of carbonyl (C=O) groups excluding carboxylic acids is 1. The summed E-state index contributed by atoms with van der Waals surface area (Å²) in [5, 5.41) is 9.35. The molecular weight excluding hydrogens is 294 g/mol. The molecule has 2 heterocycles. The number of aromatic nitrogens is 1. The van der Waals surface area contributed by atoms with Crippen LogP contribution in [0, 0.1) is 6.92 Å². The van der Waals surface area contributed by atoms with Crippen molar-refractivity contribution in [2.45, 2.75) is 32.2 Å². The minimum Gasteiger partial charge on any atom is -0.352 e. The van der Waals surface area contributed by atoms with E-state index in [0.29, 0.717) is 6.42 Å². The number of hydrogen-bond donors (Lipinski definition) is 2. The van der Waals surface area contributed by atoms with Crippen molar-refractivity contribution in [1.29, 1.82) is 0 Å². The molecule has 1 aromatic carbocycles. The van der Waals surface area contributed by atoms with Crippen LogP contribution < -0.4 is 10.6 Å². The summed E-state index contributed by atoms with van der Waals surface area (Å²) in [6, 6.07) is 8.58. The zero-order valence-corrected chi connectivity index (χ0v) is 13.6. The van der Waals surface area contributed by atoms with Gasteiger partial charge in [-0.15, -0.1) is 11.3 Å². The van der Waals surface area contributed by atoms with E-state index in [9.17, 15) is 4.79 Å². The van der Waals surface area contributed by atoms with E-state index in [4.69, 9.17) is 0 Å². The molecule has 1 aromatic heterocycles. The maximum absolute atomic E-state index is 12.1. The minimum absolute atomic E-state index is 0.0643. The quantitative estimate of drug-likeness (QED) is 0.911. The summed E-state index contributed by atoms with van der Waals surface area (Å²) in [5.41, 5.74) is 3.20. The van der Waals surface area contributed by atoms with Gasteiger partial charge >= 0.3 is 0 Å². The highest BCUT2D eigenvalue weighted by molar-refractivity contribution is 7.13. The Hall–Kier alpha value is -1.72. The zero-order chi connectivity index (χ0) is 15.4. The second kappa shape index (κ2) is 7.03. The Bertz CT molecular complexity index is 630. The summed E-state index contributed by atoms with van der Waals surface area (Å²) in [7, 11) is 0. The molecule has 2 N–H and O–H groups in total. The van der Waals surface area contributed by atoms with E-state index in [1.165, 1.54) is 5.56 Å². The standard InChI is InChI=1S/C17H21N3OS/c1-12-4-6-13(7-5-12)17-20-15(11-22-17)9-16(21)19-14-3-2-8-18-10-14/h4-7,11,14,18H,2-3,8-10H2,1H3,(H,19,21). The molecule has 0 saturated carbocycles. The third kappa shape index (κ3) is 3.93. The number of thiazole rings is 1. The monoisotopic (exact) mass is 315 g/mol. The number of piperidine rings is 1. The predicted molar refractivity (Wildman–Crippen MR) is 90.0 cm³/mol. The fourth-order valence-electron chi connectivity index (χ4n) is 2.64. The summed E-state index contributed by atoms with van der Waals surface area (Å²) in [5.74, 6) is 0.0643. The molecule has 1 aliphatic heterocycles. The molecule has 1 unspecified atom stereocenters. The maximum atomic E-state index is 12.1. The molecule has 1 saturated heterocycles. The SMILES string of the molecule is Cc1ccc(-c2nc(CC(=O)NC3CCCNC3)cs2)cc1. The lowest BCUT2D eigenvalue weighted by Crippen LogP contribution is -2.46. The number of carbonyl (C=O) groups is 1. The molecule has 2 aromatic rings. The van der Waals surface area contributed by atoms with Crippen LogP contribution >= 0.6 is 11.3 Å². The van der Waals surface area contributed by atoms with Crippen molar-refractivity contribution in [1.82, 2.24) is 15.6 Å². The van der Waals surface area contributed by atoms with Crippen LogP contribution in [0.3, 0.4) is 0 Å². The van der Waals surface area contributed by atoms with Crippen molar-refractivity contribution >= 4 is 17.2 Å². The Morgan fingerprint density at radius 2 is 2.23 bits per heavy atom. The van der Waals surface area contributed by atoms with Gasteiger partial charge in [-0.3, -0.25) is 4.79 Å². The van der Waals surface area contributed by atoms with Gasteiger partial charge in [0.2, 0.25) is 5.91 Å². The summed E-state index contributed by atoms with van der Waals surface area (Å²) in [6.07, 6.45) is 2.54. The van der Waals surface area contributed by atoms with Gasteiger partial charge in [0.1, 0.15) is 5.01 Å². The number of aryl methyl sites for hydroxylation is 1. The topological polar surface area (TPSA) is 54.0 Å². The van der Waals surface area contributed by atoms with Gasteiger partial charge in [-0.25, -0.2) is 4.98 Å². The Morgan fingerprint density at radius 3 is 2.95 bits per heavy atom. The van der Waals surface area contributed by atoms with Gasteiger partial charge in [-0.1, -0.05) is 29.8 Å². The predicted octanol–water partition coefficient (Wildman–Crippen LogP) is 2.53. The van der Waals surface area contributed by atoms with Crippen LogP contribution in [0.15, 0.2) is 29.6 Å². The van der Waals surface area contributed by atoms with E-state index < -0.39 is 0 Å². The van der Waals surface area contributed by atoms with Crippen molar-refractivity contribution in [2.75, 3.05) is 13.1 Å². The first-order valence-corrected chi connectivity index (χ1v) is 8.60. The normalized spacial score (nSPS) is 18.1. The number of rotatable bonds is 4. The molecule has 0 radical (unpaired) electrons. The zero-order valence-electron chi connectivity index (χ0n) is 12.8. The summed E-state index contributed by atoms with van der Waals surface area (Å²) in [4.78, 5) is 16.7. The second-order valence-electron chi connectivity index (χ2n) is 5.80. The fraction of sp³-hybridized carbons (Fsp3) is 0.412. The van der Waals surface area contributed by atoms with Gasteiger partial charge in [0.15, 0.2) is 0 Å². The van der Waals surface area contributed by atoms with E-state index in [2.05, 4.69) is 46.8 Å². The second-order valence-corrected chi connectivity index (χ2v) is 6.66. The minimum atomic E-state index is 0.0643. The Morgan fingerprint density at radius 1 is 1.41 bits per heavy atom. The van der Waals surface area contributed by atoms with Crippen molar-refractivity contribution in [3.05, 3.63) is 40.9 Å². The van der Waals surface area contributed by atoms with Crippen LogP contribution in [0.1, 0.15) is 24.1 Å². The molecule has 0 bridgehead atoms. The fourth-order valence-corrected chi connectivity index (χ4v) is 3.46. The van der Waals surface area contributed by atoms with Crippen LogP contribution in [0.2, 0.25) is 0 Å². The van der Waals surface area contributed by atoms with Crippen LogP contribution in [-0.4, -0.2) is 30.0 Å². The van der Waals surface area contributed by atoms with Crippen LogP contribution in [-0.2, 0) is 11.2 Å². The van der Waals surface area contributed by atoms with Gasteiger partial charge in [0.05, 0.1) is 12.1 Å². The van der Waals surface area contributed by atoms with Gasteiger partial charge in [0.25, 0.3) is 0 Å². The number of nitrogens with one attached hydrogen (secondary N) is 2. The largest absolute Gasteiger partial charge is 0.352 e. The van der Waals surface area contributed by atoms with Crippen molar-refractivity contribution < 1.29 is 4.79 Å². The van der Waals surface area contributed by atoms with Crippen molar-refractivity contribution in [2.24, 2.45) is 0 Å². The van der Waals surface area contributed by atoms with Crippen LogP contribution in [0.4, 0.5) is 0 Å². The molecule has 1 aliphatic rings. The van der Waals surface area contributed by atoms with Crippen LogP contribution in [0.5, 0.6) is 0 Å². The van der Waals surface area contributed by atoms with Crippen molar-refractivity contribution in [3.8, 4) is 10.6 Å².